The van der Waals surface area contributed by atoms with Gasteiger partial charge >= 0.3 is 12.2 Å². The Morgan fingerprint density at radius 3 is 2.43 bits per heavy atom. The van der Waals surface area contributed by atoms with Gasteiger partial charge in [-0.05, 0) is 50.2 Å². The van der Waals surface area contributed by atoms with Crippen LogP contribution in [0.4, 0.5) is 18.0 Å². The van der Waals surface area contributed by atoms with Gasteiger partial charge in [0.1, 0.15) is 0 Å². The molecule has 2 unspecified atom stereocenters. The minimum absolute atomic E-state index is 0.00204. The van der Waals surface area contributed by atoms with Gasteiger partial charge in [-0.1, -0.05) is 18.6 Å². The van der Waals surface area contributed by atoms with Gasteiger partial charge in [-0.25, -0.2) is 4.79 Å². The minimum Gasteiger partial charge on any atom is -0.338 e. The Balaban J connectivity index is 1.31. The lowest BCUT2D eigenvalue weighted by atomic mass is 10.0. The number of likely N-dealkylation sites (tertiary alicyclic amines) is 1. The van der Waals surface area contributed by atoms with Crippen LogP contribution in [0, 0.1) is 5.92 Å². The van der Waals surface area contributed by atoms with Crippen LogP contribution >= 0.6 is 0 Å². The molecule has 3 fully saturated rings. The van der Waals surface area contributed by atoms with E-state index in [0.29, 0.717) is 31.8 Å². The zero-order valence-corrected chi connectivity index (χ0v) is 15.5. The lowest BCUT2D eigenvalue weighted by molar-refractivity contribution is -0.138. The van der Waals surface area contributed by atoms with Gasteiger partial charge in [0.2, 0.25) is 0 Å². The van der Waals surface area contributed by atoms with Gasteiger partial charge in [0.05, 0.1) is 11.1 Å². The molecule has 1 saturated heterocycles. The zero-order valence-electron chi connectivity index (χ0n) is 15.5. The molecule has 1 aromatic carbocycles. The quantitative estimate of drug-likeness (QED) is 0.822. The molecule has 2 N–H and O–H groups in total. The molecule has 3 amide bonds. The number of carbonyl (C=O) groups is 2. The molecule has 1 aliphatic heterocycles. The predicted octanol–water partition coefficient (Wildman–Crippen LogP) is 3.55. The van der Waals surface area contributed by atoms with Crippen LogP contribution in [0.1, 0.15) is 54.4 Å². The van der Waals surface area contributed by atoms with Gasteiger partial charge in [-0.15, -0.1) is 0 Å². The van der Waals surface area contributed by atoms with Crippen LogP contribution in [0.25, 0.3) is 0 Å². The van der Waals surface area contributed by atoms with Crippen LogP contribution in [0.2, 0.25) is 0 Å². The molecule has 0 bridgehead atoms. The first kappa shape index (κ1) is 19.1. The maximum atomic E-state index is 13.2. The first-order valence-corrected chi connectivity index (χ1v) is 9.83. The number of hydrogen-bond acceptors (Lipinski definition) is 2. The molecule has 8 heteroatoms. The summed E-state index contributed by atoms with van der Waals surface area (Å²) in [6.07, 6.45) is 0.936. The number of benzene rings is 1. The fraction of sp³-hybridized carbons (Fsp3) is 0.600. The number of nitrogens with zero attached hydrogens (tertiary/aromatic N) is 1. The molecule has 3 aliphatic rings. The van der Waals surface area contributed by atoms with Crippen molar-refractivity contribution in [2.75, 3.05) is 13.1 Å². The van der Waals surface area contributed by atoms with Gasteiger partial charge in [0.25, 0.3) is 5.91 Å². The van der Waals surface area contributed by atoms with Crippen molar-refractivity contribution in [3.8, 4) is 0 Å². The number of fused-ring (bicyclic) bond motifs is 1. The summed E-state index contributed by atoms with van der Waals surface area (Å²) >= 11 is 0. The molecular formula is C20H24F3N3O2. The molecule has 0 spiro atoms. The van der Waals surface area contributed by atoms with E-state index in [0.717, 1.165) is 25.3 Å². The summed E-state index contributed by atoms with van der Waals surface area (Å²) in [6.45, 7) is 0.646. The predicted molar refractivity (Wildman–Crippen MR) is 96.7 cm³/mol. The lowest BCUT2D eigenvalue weighted by Crippen LogP contribution is -2.51. The van der Waals surface area contributed by atoms with E-state index >= 15 is 0 Å². The maximum Gasteiger partial charge on any atom is 0.417 e. The van der Waals surface area contributed by atoms with Crippen molar-refractivity contribution in [3.63, 3.8) is 0 Å². The van der Waals surface area contributed by atoms with Gasteiger partial charge < -0.3 is 15.5 Å². The van der Waals surface area contributed by atoms with E-state index in [4.69, 9.17) is 0 Å². The number of nitrogens with one attached hydrogen (secondary N) is 2. The van der Waals surface area contributed by atoms with Crippen LogP contribution < -0.4 is 10.6 Å². The summed E-state index contributed by atoms with van der Waals surface area (Å²) in [6, 6.07) is 4.63. The molecule has 1 heterocycles. The molecule has 2 saturated carbocycles. The summed E-state index contributed by atoms with van der Waals surface area (Å²) in [5, 5.41) is 6.07. The van der Waals surface area contributed by atoms with Crippen LogP contribution in [-0.4, -0.2) is 41.5 Å². The molecule has 5 nitrogen and oxygen atoms in total. The SMILES string of the molecule is O=C(NC1CCN(C(=O)c2ccccc2C(F)(F)F)CC1)NC12CCCC1C2. The normalized spacial score (nSPS) is 27.2. The summed E-state index contributed by atoms with van der Waals surface area (Å²) in [5.41, 5.74) is -1.23. The van der Waals surface area contributed by atoms with E-state index in [-0.39, 0.29) is 23.2 Å². The Labute approximate surface area is 161 Å². The third-order valence-corrected chi connectivity index (χ3v) is 6.35. The Morgan fingerprint density at radius 1 is 1.11 bits per heavy atom. The number of piperidine rings is 1. The highest BCUT2D eigenvalue weighted by Gasteiger charge is 2.57. The molecule has 2 aliphatic carbocycles. The first-order chi connectivity index (χ1) is 13.3. The number of rotatable bonds is 3. The van der Waals surface area contributed by atoms with E-state index < -0.39 is 17.6 Å². The monoisotopic (exact) mass is 395 g/mol. The molecule has 2 atom stereocenters. The van der Waals surface area contributed by atoms with E-state index in [1.807, 2.05) is 0 Å². The molecule has 152 valence electrons. The molecule has 0 radical (unpaired) electrons. The average molecular weight is 395 g/mol. The van der Waals surface area contributed by atoms with Crippen molar-refractivity contribution in [1.29, 1.82) is 0 Å². The number of carbonyl (C=O) groups excluding carboxylic acids is 2. The molecule has 0 aromatic heterocycles. The maximum absolute atomic E-state index is 13.2. The second kappa shape index (κ2) is 6.97. The highest BCUT2D eigenvalue weighted by atomic mass is 19.4. The number of urea groups is 1. The van der Waals surface area contributed by atoms with Crippen molar-refractivity contribution in [3.05, 3.63) is 35.4 Å². The van der Waals surface area contributed by atoms with Gasteiger partial charge in [-0.3, -0.25) is 4.79 Å². The highest BCUT2D eigenvalue weighted by Crippen LogP contribution is 2.55. The smallest absolute Gasteiger partial charge is 0.338 e. The largest absolute Gasteiger partial charge is 0.417 e. The van der Waals surface area contributed by atoms with Gasteiger partial charge in [0.15, 0.2) is 0 Å². The topological polar surface area (TPSA) is 61.4 Å². The van der Waals surface area contributed by atoms with Gasteiger partial charge in [0, 0.05) is 24.7 Å². The number of halogens is 3. The summed E-state index contributed by atoms with van der Waals surface area (Å²) < 4.78 is 39.5. The van der Waals surface area contributed by atoms with Gasteiger partial charge in [-0.2, -0.15) is 13.2 Å². The van der Waals surface area contributed by atoms with E-state index in [1.54, 1.807) is 0 Å². The fourth-order valence-electron chi connectivity index (χ4n) is 4.71. The number of alkyl halides is 3. The van der Waals surface area contributed by atoms with Crippen molar-refractivity contribution >= 4 is 11.9 Å². The van der Waals surface area contributed by atoms with E-state index in [9.17, 15) is 22.8 Å². The third kappa shape index (κ3) is 3.69. The molecule has 4 rings (SSSR count). The third-order valence-electron chi connectivity index (χ3n) is 6.35. The van der Waals surface area contributed by atoms with Crippen molar-refractivity contribution in [2.45, 2.75) is 56.3 Å². The van der Waals surface area contributed by atoms with Crippen LogP contribution in [0.3, 0.4) is 0 Å². The Bertz CT molecular complexity index is 774. The molecule has 28 heavy (non-hydrogen) atoms. The lowest BCUT2D eigenvalue weighted by Gasteiger charge is -2.33. The Hall–Kier alpha value is -2.25. The summed E-state index contributed by atoms with van der Waals surface area (Å²) in [7, 11) is 0. The fourth-order valence-corrected chi connectivity index (χ4v) is 4.71. The number of hydrogen-bond donors (Lipinski definition) is 2. The average Bonchev–Trinajstić information content (AvgIpc) is 3.19. The molecule has 1 aromatic rings. The first-order valence-electron chi connectivity index (χ1n) is 9.83. The second-order valence-electron chi connectivity index (χ2n) is 8.16. The second-order valence-corrected chi connectivity index (χ2v) is 8.16. The van der Waals surface area contributed by atoms with Crippen LogP contribution in [0.5, 0.6) is 0 Å². The van der Waals surface area contributed by atoms with E-state index in [2.05, 4.69) is 10.6 Å². The van der Waals surface area contributed by atoms with Crippen LogP contribution in [0.15, 0.2) is 24.3 Å². The van der Waals surface area contributed by atoms with Crippen molar-refractivity contribution in [2.24, 2.45) is 5.92 Å². The highest BCUT2D eigenvalue weighted by molar-refractivity contribution is 5.96. The minimum atomic E-state index is -4.56. The summed E-state index contributed by atoms with van der Waals surface area (Å²) in [4.78, 5) is 26.3. The summed E-state index contributed by atoms with van der Waals surface area (Å²) in [5.74, 6) is 0.00733. The Kier molecular flexibility index (Phi) is 4.75. The number of amides is 3. The van der Waals surface area contributed by atoms with Crippen molar-refractivity contribution in [1.82, 2.24) is 15.5 Å². The zero-order chi connectivity index (χ0) is 19.9. The Morgan fingerprint density at radius 2 is 1.82 bits per heavy atom. The van der Waals surface area contributed by atoms with E-state index in [1.165, 1.54) is 29.5 Å². The van der Waals surface area contributed by atoms with Crippen LogP contribution in [-0.2, 0) is 6.18 Å². The molecular weight excluding hydrogens is 371 g/mol. The standard InChI is InChI=1S/C20H24F3N3O2/c21-20(22,23)16-6-2-1-5-15(16)17(27)26-10-7-14(8-11-26)24-18(28)25-19-9-3-4-13(19)12-19/h1-2,5-6,13-14H,3-4,7-12H2,(H2,24,25,28). The van der Waals surface area contributed by atoms with Crippen molar-refractivity contribution < 1.29 is 22.8 Å².